The van der Waals surface area contributed by atoms with E-state index in [1.807, 2.05) is 19.1 Å². The number of halogens is 1. The Morgan fingerprint density at radius 1 is 1.24 bits per heavy atom. The molecule has 1 heterocycles. The van der Waals surface area contributed by atoms with Crippen LogP contribution in [0.25, 0.3) is 0 Å². The summed E-state index contributed by atoms with van der Waals surface area (Å²) in [6, 6.07) is 10.3. The molecule has 2 N–H and O–H groups in total. The Morgan fingerprint density at radius 2 is 2.00 bits per heavy atom. The first-order chi connectivity index (χ1) is 8.18. The highest BCUT2D eigenvalue weighted by molar-refractivity contribution is 5.37. The number of benzene rings is 1. The molecular weight excluding hydrogens is 215 g/mol. The van der Waals surface area contributed by atoms with Gasteiger partial charge in [0.05, 0.1) is 5.54 Å². The molecule has 0 bridgehead atoms. The summed E-state index contributed by atoms with van der Waals surface area (Å²) in [4.78, 5) is 4.05. The third-order valence-electron chi connectivity index (χ3n) is 3.09. The SMILES string of the molecule is CCC(N)(c1cccnc1)c1ccccc1F. The van der Waals surface area contributed by atoms with E-state index in [1.165, 1.54) is 6.07 Å². The molecular formula is C14H15FN2. The smallest absolute Gasteiger partial charge is 0.128 e. The minimum Gasteiger partial charge on any atom is -0.318 e. The first-order valence-corrected chi connectivity index (χ1v) is 5.63. The van der Waals surface area contributed by atoms with E-state index >= 15 is 0 Å². The predicted octanol–water partition coefficient (Wildman–Crippen LogP) is 2.83. The van der Waals surface area contributed by atoms with E-state index in [2.05, 4.69) is 4.98 Å². The zero-order chi connectivity index (χ0) is 12.3. The Morgan fingerprint density at radius 3 is 2.59 bits per heavy atom. The maximum absolute atomic E-state index is 13.9. The molecule has 1 aromatic carbocycles. The van der Waals surface area contributed by atoms with Gasteiger partial charge in [0.2, 0.25) is 0 Å². The molecule has 0 aliphatic heterocycles. The van der Waals surface area contributed by atoms with E-state index in [0.29, 0.717) is 12.0 Å². The molecule has 0 saturated heterocycles. The second-order valence-corrected chi connectivity index (χ2v) is 4.05. The van der Waals surface area contributed by atoms with Gasteiger partial charge < -0.3 is 5.73 Å². The van der Waals surface area contributed by atoms with Gasteiger partial charge in [-0.3, -0.25) is 4.98 Å². The standard InChI is InChI=1S/C14H15FN2/c1-2-14(16,11-6-5-9-17-10-11)12-7-3-4-8-13(12)15/h3-10H,2,16H2,1H3. The number of hydrogen-bond acceptors (Lipinski definition) is 2. The van der Waals surface area contributed by atoms with E-state index in [-0.39, 0.29) is 5.82 Å². The molecule has 2 nitrogen and oxygen atoms in total. The first kappa shape index (κ1) is 11.7. The molecule has 0 aliphatic rings. The average Bonchev–Trinajstić information content (AvgIpc) is 2.39. The third-order valence-corrected chi connectivity index (χ3v) is 3.09. The highest BCUT2D eigenvalue weighted by atomic mass is 19.1. The molecule has 0 fully saturated rings. The molecule has 1 atom stereocenters. The summed E-state index contributed by atoms with van der Waals surface area (Å²) >= 11 is 0. The van der Waals surface area contributed by atoms with Crippen LogP contribution >= 0.6 is 0 Å². The number of nitrogens with two attached hydrogens (primary N) is 1. The summed E-state index contributed by atoms with van der Waals surface area (Å²) in [5, 5.41) is 0. The average molecular weight is 230 g/mol. The minimum absolute atomic E-state index is 0.277. The Bertz CT molecular complexity index is 499. The van der Waals surface area contributed by atoms with Gasteiger partial charge in [-0.05, 0) is 24.1 Å². The molecule has 0 radical (unpaired) electrons. The van der Waals surface area contributed by atoms with Gasteiger partial charge in [-0.1, -0.05) is 31.2 Å². The largest absolute Gasteiger partial charge is 0.318 e. The van der Waals surface area contributed by atoms with E-state index < -0.39 is 5.54 Å². The lowest BCUT2D eigenvalue weighted by molar-refractivity contribution is 0.478. The van der Waals surface area contributed by atoms with Crippen molar-refractivity contribution in [2.75, 3.05) is 0 Å². The van der Waals surface area contributed by atoms with Gasteiger partial charge in [0.15, 0.2) is 0 Å². The van der Waals surface area contributed by atoms with Crippen LogP contribution in [0.15, 0.2) is 48.8 Å². The molecule has 1 unspecified atom stereocenters. The molecule has 2 rings (SSSR count). The van der Waals surface area contributed by atoms with Gasteiger partial charge in [0, 0.05) is 18.0 Å². The number of nitrogens with zero attached hydrogens (tertiary/aromatic N) is 1. The molecule has 1 aromatic heterocycles. The summed E-state index contributed by atoms with van der Waals surface area (Å²) in [5.41, 5.74) is 6.88. The molecule has 0 saturated carbocycles. The van der Waals surface area contributed by atoms with Gasteiger partial charge in [0.25, 0.3) is 0 Å². The van der Waals surface area contributed by atoms with Crippen molar-refractivity contribution in [3.63, 3.8) is 0 Å². The second-order valence-electron chi connectivity index (χ2n) is 4.05. The van der Waals surface area contributed by atoms with Crippen molar-refractivity contribution in [2.24, 2.45) is 5.73 Å². The molecule has 0 spiro atoms. The maximum Gasteiger partial charge on any atom is 0.128 e. The van der Waals surface area contributed by atoms with Crippen LogP contribution in [-0.2, 0) is 5.54 Å². The lowest BCUT2D eigenvalue weighted by atomic mass is 9.82. The van der Waals surface area contributed by atoms with Crippen LogP contribution in [0.2, 0.25) is 0 Å². The van der Waals surface area contributed by atoms with Gasteiger partial charge in [0.1, 0.15) is 5.82 Å². The highest BCUT2D eigenvalue weighted by Gasteiger charge is 2.30. The van der Waals surface area contributed by atoms with Crippen LogP contribution in [0.1, 0.15) is 24.5 Å². The van der Waals surface area contributed by atoms with Crippen molar-refractivity contribution in [1.29, 1.82) is 0 Å². The molecule has 88 valence electrons. The van der Waals surface area contributed by atoms with Crippen molar-refractivity contribution in [3.8, 4) is 0 Å². The lowest BCUT2D eigenvalue weighted by Crippen LogP contribution is -2.38. The normalized spacial score (nSPS) is 14.3. The second kappa shape index (κ2) is 4.63. The van der Waals surface area contributed by atoms with Crippen LogP contribution in [-0.4, -0.2) is 4.98 Å². The molecule has 0 amide bonds. The number of aromatic nitrogens is 1. The Hall–Kier alpha value is -1.74. The van der Waals surface area contributed by atoms with Crippen LogP contribution in [0.5, 0.6) is 0 Å². The summed E-state index contributed by atoms with van der Waals surface area (Å²) in [6.45, 7) is 1.94. The van der Waals surface area contributed by atoms with Crippen LogP contribution < -0.4 is 5.73 Å². The number of pyridine rings is 1. The Kier molecular flexibility index (Phi) is 3.20. The highest BCUT2D eigenvalue weighted by Crippen LogP contribution is 2.31. The third kappa shape index (κ3) is 2.06. The molecule has 3 heteroatoms. The quantitative estimate of drug-likeness (QED) is 0.880. The lowest BCUT2D eigenvalue weighted by Gasteiger charge is -2.29. The van der Waals surface area contributed by atoms with Crippen molar-refractivity contribution >= 4 is 0 Å². The van der Waals surface area contributed by atoms with Crippen LogP contribution in [0, 0.1) is 5.82 Å². The zero-order valence-corrected chi connectivity index (χ0v) is 9.73. The maximum atomic E-state index is 13.9. The topological polar surface area (TPSA) is 38.9 Å². The van der Waals surface area contributed by atoms with Gasteiger partial charge in [-0.25, -0.2) is 4.39 Å². The van der Waals surface area contributed by atoms with Crippen LogP contribution in [0.3, 0.4) is 0 Å². The summed E-state index contributed by atoms with van der Waals surface area (Å²) in [5.74, 6) is -0.277. The monoisotopic (exact) mass is 230 g/mol. The van der Waals surface area contributed by atoms with Gasteiger partial charge >= 0.3 is 0 Å². The molecule has 17 heavy (non-hydrogen) atoms. The molecule has 0 aliphatic carbocycles. The van der Waals surface area contributed by atoms with E-state index in [9.17, 15) is 4.39 Å². The fourth-order valence-electron chi connectivity index (χ4n) is 2.00. The summed E-state index contributed by atoms with van der Waals surface area (Å²) in [6.07, 6.45) is 3.98. The minimum atomic E-state index is -0.820. The Labute approximate surface area is 100 Å². The van der Waals surface area contributed by atoms with Crippen molar-refractivity contribution in [2.45, 2.75) is 18.9 Å². The van der Waals surface area contributed by atoms with Crippen molar-refractivity contribution < 1.29 is 4.39 Å². The Balaban J connectivity index is 2.56. The summed E-state index contributed by atoms with van der Waals surface area (Å²) < 4.78 is 13.9. The van der Waals surface area contributed by atoms with Crippen molar-refractivity contribution in [3.05, 3.63) is 65.7 Å². The van der Waals surface area contributed by atoms with E-state index in [1.54, 1.807) is 30.6 Å². The fraction of sp³-hybridized carbons (Fsp3) is 0.214. The fourth-order valence-corrected chi connectivity index (χ4v) is 2.00. The van der Waals surface area contributed by atoms with Gasteiger partial charge in [-0.15, -0.1) is 0 Å². The number of hydrogen-bond donors (Lipinski definition) is 1. The van der Waals surface area contributed by atoms with Crippen LogP contribution in [0.4, 0.5) is 4.39 Å². The number of rotatable bonds is 3. The first-order valence-electron chi connectivity index (χ1n) is 5.63. The van der Waals surface area contributed by atoms with E-state index in [4.69, 9.17) is 5.73 Å². The van der Waals surface area contributed by atoms with E-state index in [0.717, 1.165) is 5.56 Å². The van der Waals surface area contributed by atoms with Crippen molar-refractivity contribution in [1.82, 2.24) is 4.98 Å². The molecule has 2 aromatic rings. The summed E-state index contributed by atoms with van der Waals surface area (Å²) in [7, 11) is 0. The van der Waals surface area contributed by atoms with Gasteiger partial charge in [-0.2, -0.15) is 0 Å². The predicted molar refractivity (Wildman–Crippen MR) is 65.9 cm³/mol. The zero-order valence-electron chi connectivity index (χ0n) is 9.73.